The molecule has 0 bridgehead atoms. The maximum atomic E-state index is 12.6. The van der Waals surface area contributed by atoms with Gasteiger partial charge in [-0.05, 0) is 50.1 Å². The van der Waals surface area contributed by atoms with Gasteiger partial charge in [-0.1, -0.05) is 19.9 Å². The standard InChI is InChI=1S/C20H25N3O2/c1-19(2,3)25-18(24)23-13-20(4,5)16-12-15(6-7-17(16)23)8-10-22-11-9-21-14-22/h6-12,14H,13H2,1-5H3. The summed E-state index contributed by atoms with van der Waals surface area (Å²) in [4.78, 5) is 18.3. The van der Waals surface area contributed by atoms with Crippen LogP contribution in [0.5, 0.6) is 0 Å². The predicted molar refractivity (Wildman–Crippen MR) is 100 cm³/mol. The normalized spacial score (nSPS) is 16.3. The van der Waals surface area contributed by atoms with E-state index in [4.69, 9.17) is 4.74 Å². The number of hydrogen-bond donors (Lipinski definition) is 0. The Morgan fingerprint density at radius 1 is 1.32 bits per heavy atom. The summed E-state index contributed by atoms with van der Waals surface area (Å²) in [5, 5.41) is 0. The molecule has 0 aliphatic carbocycles. The van der Waals surface area contributed by atoms with Gasteiger partial charge in [-0.2, -0.15) is 0 Å². The van der Waals surface area contributed by atoms with Crippen molar-refractivity contribution in [2.45, 2.75) is 45.6 Å². The van der Waals surface area contributed by atoms with Gasteiger partial charge in [0, 0.05) is 30.6 Å². The summed E-state index contributed by atoms with van der Waals surface area (Å²) in [6.45, 7) is 10.6. The van der Waals surface area contributed by atoms with Crippen molar-refractivity contribution >= 4 is 24.1 Å². The maximum absolute atomic E-state index is 12.6. The minimum absolute atomic E-state index is 0.120. The highest BCUT2D eigenvalue weighted by Crippen LogP contribution is 2.41. The lowest BCUT2D eigenvalue weighted by molar-refractivity contribution is 0.0579. The second-order valence-electron chi connectivity index (χ2n) is 8.05. The number of amides is 1. The van der Waals surface area contributed by atoms with E-state index in [1.54, 1.807) is 17.4 Å². The Bertz CT molecular complexity index is 799. The van der Waals surface area contributed by atoms with Gasteiger partial charge in [0.05, 0.1) is 12.0 Å². The van der Waals surface area contributed by atoms with Crippen LogP contribution in [-0.2, 0) is 10.2 Å². The van der Waals surface area contributed by atoms with E-state index in [1.807, 2.05) is 55.9 Å². The molecular weight excluding hydrogens is 314 g/mol. The summed E-state index contributed by atoms with van der Waals surface area (Å²) in [6.07, 6.45) is 9.09. The van der Waals surface area contributed by atoms with E-state index in [-0.39, 0.29) is 11.5 Å². The van der Waals surface area contributed by atoms with Crippen LogP contribution in [-0.4, -0.2) is 27.8 Å². The topological polar surface area (TPSA) is 47.4 Å². The van der Waals surface area contributed by atoms with Crippen molar-refractivity contribution in [1.82, 2.24) is 9.55 Å². The van der Waals surface area contributed by atoms with Gasteiger partial charge in [-0.3, -0.25) is 4.90 Å². The Balaban J connectivity index is 1.89. The highest BCUT2D eigenvalue weighted by atomic mass is 16.6. The average Bonchev–Trinajstić information content (AvgIpc) is 3.10. The number of anilines is 1. The summed E-state index contributed by atoms with van der Waals surface area (Å²) < 4.78 is 7.46. The van der Waals surface area contributed by atoms with Crippen molar-refractivity contribution in [1.29, 1.82) is 0 Å². The molecule has 0 atom stereocenters. The van der Waals surface area contributed by atoms with Gasteiger partial charge < -0.3 is 9.30 Å². The molecule has 3 rings (SSSR count). The molecular formula is C20H25N3O2. The monoisotopic (exact) mass is 339 g/mol. The average molecular weight is 339 g/mol. The Hall–Kier alpha value is -2.56. The first-order valence-corrected chi connectivity index (χ1v) is 8.46. The molecule has 1 aliphatic heterocycles. The molecule has 2 aromatic rings. The molecule has 0 saturated carbocycles. The number of rotatable bonds is 2. The number of imidazole rings is 1. The largest absolute Gasteiger partial charge is 0.443 e. The van der Waals surface area contributed by atoms with Crippen molar-refractivity contribution in [3.8, 4) is 0 Å². The SMILES string of the molecule is CC(C)(C)OC(=O)N1CC(C)(C)c2cc(C=Cn3ccnc3)ccc21. The summed E-state index contributed by atoms with van der Waals surface area (Å²) in [5.74, 6) is 0. The fraction of sp³-hybridized carbons (Fsp3) is 0.400. The van der Waals surface area contributed by atoms with Crippen LogP contribution in [0.1, 0.15) is 45.7 Å². The summed E-state index contributed by atoms with van der Waals surface area (Å²) in [7, 11) is 0. The Morgan fingerprint density at radius 2 is 2.08 bits per heavy atom. The molecule has 1 amide bonds. The third kappa shape index (κ3) is 3.76. The second kappa shape index (κ2) is 6.06. The molecule has 132 valence electrons. The fourth-order valence-electron chi connectivity index (χ4n) is 3.01. The zero-order chi connectivity index (χ0) is 18.2. The minimum Gasteiger partial charge on any atom is -0.443 e. The number of carbonyl (C=O) groups excluding carboxylic acids is 1. The lowest BCUT2D eigenvalue weighted by Gasteiger charge is -2.25. The summed E-state index contributed by atoms with van der Waals surface area (Å²) in [6, 6.07) is 6.17. The summed E-state index contributed by atoms with van der Waals surface area (Å²) in [5.41, 5.74) is 2.56. The van der Waals surface area contributed by atoms with Crippen LogP contribution in [0, 0.1) is 0 Å². The van der Waals surface area contributed by atoms with Crippen LogP contribution < -0.4 is 4.90 Å². The van der Waals surface area contributed by atoms with E-state index in [0.717, 1.165) is 16.8 Å². The minimum atomic E-state index is -0.503. The number of benzene rings is 1. The van der Waals surface area contributed by atoms with Gasteiger partial charge >= 0.3 is 6.09 Å². The number of carbonyl (C=O) groups is 1. The fourth-order valence-corrected chi connectivity index (χ4v) is 3.01. The third-order valence-electron chi connectivity index (χ3n) is 4.17. The predicted octanol–water partition coefficient (Wildman–Crippen LogP) is 4.54. The number of hydrogen-bond acceptors (Lipinski definition) is 3. The lowest BCUT2D eigenvalue weighted by Crippen LogP contribution is -2.38. The number of aromatic nitrogens is 2. The van der Waals surface area contributed by atoms with Crippen LogP contribution >= 0.6 is 0 Å². The quantitative estimate of drug-likeness (QED) is 0.807. The number of fused-ring (bicyclic) bond motifs is 1. The lowest BCUT2D eigenvalue weighted by atomic mass is 9.86. The molecule has 0 N–H and O–H groups in total. The van der Waals surface area contributed by atoms with E-state index in [0.29, 0.717) is 6.54 Å². The van der Waals surface area contributed by atoms with Gasteiger partial charge in [-0.25, -0.2) is 9.78 Å². The molecule has 25 heavy (non-hydrogen) atoms. The van der Waals surface area contributed by atoms with E-state index in [9.17, 15) is 4.79 Å². The first kappa shape index (κ1) is 17.3. The molecule has 1 aromatic carbocycles. The maximum Gasteiger partial charge on any atom is 0.414 e. The van der Waals surface area contributed by atoms with Gasteiger partial charge in [-0.15, -0.1) is 0 Å². The van der Waals surface area contributed by atoms with Crippen molar-refractivity contribution in [2.24, 2.45) is 0 Å². The third-order valence-corrected chi connectivity index (χ3v) is 4.17. The summed E-state index contributed by atoms with van der Waals surface area (Å²) >= 11 is 0. The van der Waals surface area contributed by atoms with E-state index >= 15 is 0 Å². The molecule has 0 unspecified atom stereocenters. The van der Waals surface area contributed by atoms with Gasteiger partial charge in [0.2, 0.25) is 0 Å². The molecule has 1 aromatic heterocycles. The van der Waals surface area contributed by atoms with Crippen LogP contribution in [0.2, 0.25) is 0 Å². The zero-order valence-electron chi connectivity index (χ0n) is 15.5. The van der Waals surface area contributed by atoms with Gasteiger partial charge in [0.1, 0.15) is 5.60 Å². The molecule has 0 radical (unpaired) electrons. The van der Waals surface area contributed by atoms with Crippen molar-refractivity contribution in [3.63, 3.8) is 0 Å². The first-order chi connectivity index (χ1) is 11.7. The van der Waals surface area contributed by atoms with Crippen molar-refractivity contribution in [2.75, 3.05) is 11.4 Å². The Labute approximate surface area is 148 Å². The molecule has 5 heteroatoms. The zero-order valence-corrected chi connectivity index (χ0v) is 15.5. The molecule has 0 saturated heterocycles. The Kier molecular flexibility index (Phi) is 4.19. The van der Waals surface area contributed by atoms with E-state index in [1.165, 1.54) is 0 Å². The highest BCUT2D eigenvalue weighted by Gasteiger charge is 2.39. The molecule has 0 spiro atoms. The van der Waals surface area contributed by atoms with E-state index in [2.05, 4.69) is 24.9 Å². The molecule has 0 fully saturated rings. The number of nitrogens with zero attached hydrogens (tertiary/aromatic N) is 3. The van der Waals surface area contributed by atoms with Crippen molar-refractivity contribution in [3.05, 3.63) is 48.0 Å². The smallest absolute Gasteiger partial charge is 0.414 e. The molecule has 1 aliphatic rings. The van der Waals surface area contributed by atoms with Crippen molar-refractivity contribution < 1.29 is 9.53 Å². The van der Waals surface area contributed by atoms with Gasteiger partial charge in [0.25, 0.3) is 0 Å². The highest BCUT2D eigenvalue weighted by molar-refractivity contribution is 5.92. The van der Waals surface area contributed by atoms with E-state index < -0.39 is 5.60 Å². The van der Waals surface area contributed by atoms with Crippen LogP contribution in [0.25, 0.3) is 12.3 Å². The molecule has 5 nitrogen and oxygen atoms in total. The Morgan fingerprint density at radius 3 is 2.72 bits per heavy atom. The second-order valence-corrected chi connectivity index (χ2v) is 8.05. The molecule has 2 heterocycles. The van der Waals surface area contributed by atoms with Crippen LogP contribution in [0.3, 0.4) is 0 Å². The van der Waals surface area contributed by atoms with Crippen LogP contribution in [0.15, 0.2) is 36.9 Å². The van der Waals surface area contributed by atoms with Crippen LogP contribution in [0.4, 0.5) is 10.5 Å². The number of ether oxygens (including phenoxy) is 1. The first-order valence-electron chi connectivity index (χ1n) is 8.46. The van der Waals surface area contributed by atoms with Gasteiger partial charge in [0.15, 0.2) is 0 Å².